The van der Waals surface area contributed by atoms with Crippen LogP contribution in [0, 0.1) is 0 Å². The van der Waals surface area contributed by atoms with Crippen LogP contribution in [0.3, 0.4) is 0 Å². The summed E-state index contributed by atoms with van der Waals surface area (Å²) in [4.78, 5) is 11.9. The van der Waals surface area contributed by atoms with Crippen molar-refractivity contribution in [1.29, 1.82) is 0 Å². The number of ether oxygens (including phenoxy) is 1. The minimum atomic E-state index is -0.0322. The van der Waals surface area contributed by atoms with E-state index in [4.69, 9.17) is 4.74 Å². The fraction of sp³-hybridized carbons (Fsp3) is 0.880. The molecule has 0 bridgehead atoms. The average Bonchev–Trinajstić information content (AvgIpc) is 2.63. The zero-order valence-electron chi connectivity index (χ0n) is 21.4. The minimum Gasteiger partial charge on any atom is -1.00 e. The van der Waals surface area contributed by atoms with E-state index in [1.165, 1.54) is 51.4 Å². The van der Waals surface area contributed by atoms with Crippen molar-refractivity contribution in [3.63, 3.8) is 0 Å². The number of halogens is 2. The van der Waals surface area contributed by atoms with E-state index < -0.39 is 0 Å². The summed E-state index contributed by atoms with van der Waals surface area (Å²) < 4.78 is 7.31. The van der Waals surface area contributed by atoms with Gasteiger partial charge in [-0.05, 0) is 32.1 Å². The molecule has 31 heavy (non-hydrogen) atoms. The molecule has 0 aromatic heterocycles. The van der Waals surface area contributed by atoms with Gasteiger partial charge in [-0.3, -0.25) is 4.79 Å². The molecule has 0 aliphatic heterocycles. The van der Waals surface area contributed by atoms with Crippen LogP contribution < -0.4 is 24.8 Å². The van der Waals surface area contributed by atoms with Crippen LogP contribution in [0.1, 0.15) is 84.0 Å². The van der Waals surface area contributed by atoms with Gasteiger partial charge in [0.2, 0.25) is 0 Å². The van der Waals surface area contributed by atoms with Crippen molar-refractivity contribution in [2.45, 2.75) is 84.0 Å². The van der Waals surface area contributed by atoms with Gasteiger partial charge >= 0.3 is 5.97 Å². The highest BCUT2D eigenvalue weighted by Gasteiger charge is 2.20. The van der Waals surface area contributed by atoms with Crippen LogP contribution >= 0.6 is 0 Å². The van der Waals surface area contributed by atoms with E-state index >= 15 is 0 Å². The number of hydrogen-bond donors (Lipinski definition) is 0. The van der Waals surface area contributed by atoms with Gasteiger partial charge in [0, 0.05) is 6.42 Å². The molecule has 0 rings (SSSR count). The standard InChI is InChI=1S/C25H52N2O2.2ClH/c1-7-8-9-10-11-12-13-14-15-16-17-18-19-20-25(28)29-24-23-27(5,6)22-21-26(2,3)4;;/h14-15H,7-13,16-24H2,1-6H3;2*1H/q+2;;/p-2/b15-14-;;. The molecule has 0 amide bonds. The Hall–Kier alpha value is -0.290. The Morgan fingerprint density at radius 1 is 0.710 bits per heavy atom. The van der Waals surface area contributed by atoms with E-state index in [2.05, 4.69) is 54.3 Å². The maximum atomic E-state index is 11.9. The first kappa shape index (κ1) is 35.3. The van der Waals surface area contributed by atoms with E-state index in [0.717, 1.165) is 47.9 Å². The van der Waals surface area contributed by atoms with Crippen molar-refractivity contribution in [1.82, 2.24) is 0 Å². The van der Waals surface area contributed by atoms with Gasteiger partial charge in [-0.15, -0.1) is 0 Å². The summed E-state index contributed by atoms with van der Waals surface area (Å²) in [6, 6.07) is 0. The fourth-order valence-corrected chi connectivity index (χ4v) is 3.15. The Bertz CT molecular complexity index is 436. The van der Waals surface area contributed by atoms with E-state index in [9.17, 15) is 4.79 Å². The molecule has 0 aliphatic carbocycles. The van der Waals surface area contributed by atoms with Crippen LogP contribution in [0.15, 0.2) is 12.2 Å². The number of unbranched alkanes of at least 4 members (excludes halogenated alkanes) is 9. The van der Waals surface area contributed by atoms with Crippen molar-refractivity contribution in [2.24, 2.45) is 0 Å². The number of rotatable bonds is 19. The topological polar surface area (TPSA) is 26.3 Å². The second kappa shape index (κ2) is 21.6. The number of esters is 1. The van der Waals surface area contributed by atoms with Crippen molar-refractivity contribution >= 4 is 5.97 Å². The van der Waals surface area contributed by atoms with Crippen LogP contribution in [0.25, 0.3) is 0 Å². The van der Waals surface area contributed by atoms with Gasteiger partial charge in [0.1, 0.15) is 26.2 Å². The highest BCUT2D eigenvalue weighted by Crippen LogP contribution is 2.09. The third-order valence-electron chi connectivity index (χ3n) is 5.48. The quantitative estimate of drug-likeness (QED) is 0.108. The average molecular weight is 484 g/mol. The normalized spacial score (nSPS) is 11.8. The first-order valence-electron chi connectivity index (χ1n) is 12.1. The summed E-state index contributed by atoms with van der Waals surface area (Å²) in [5.41, 5.74) is 0. The molecule has 0 radical (unpaired) electrons. The zero-order chi connectivity index (χ0) is 22.0. The highest BCUT2D eigenvalue weighted by molar-refractivity contribution is 5.69. The smallest absolute Gasteiger partial charge is 0.305 e. The van der Waals surface area contributed by atoms with Gasteiger partial charge in [0.15, 0.2) is 0 Å². The van der Waals surface area contributed by atoms with Crippen LogP contribution in [0.4, 0.5) is 0 Å². The second-order valence-electron chi connectivity index (χ2n) is 10.2. The van der Waals surface area contributed by atoms with E-state index in [1.54, 1.807) is 0 Å². The molecular weight excluding hydrogens is 431 g/mol. The predicted octanol–water partition coefficient (Wildman–Crippen LogP) is -0.422. The van der Waals surface area contributed by atoms with Crippen molar-refractivity contribution in [3.05, 3.63) is 12.2 Å². The van der Waals surface area contributed by atoms with Crippen LogP contribution in [0.2, 0.25) is 0 Å². The molecule has 0 heterocycles. The van der Waals surface area contributed by atoms with Crippen molar-refractivity contribution < 1.29 is 43.3 Å². The molecule has 0 spiro atoms. The molecule has 0 saturated carbocycles. The molecule has 0 aliphatic rings. The van der Waals surface area contributed by atoms with E-state index in [0.29, 0.717) is 13.0 Å². The fourth-order valence-electron chi connectivity index (χ4n) is 3.15. The second-order valence-corrected chi connectivity index (χ2v) is 10.2. The lowest BCUT2D eigenvalue weighted by molar-refractivity contribution is -0.937. The van der Waals surface area contributed by atoms with E-state index in [-0.39, 0.29) is 30.8 Å². The number of likely N-dealkylation sites (N-methyl/N-ethyl adjacent to an activating group) is 2. The van der Waals surface area contributed by atoms with Gasteiger partial charge in [0.05, 0.1) is 35.2 Å². The summed E-state index contributed by atoms with van der Waals surface area (Å²) in [6.45, 7) is 5.89. The molecule has 0 aromatic rings. The van der Waals surface area contributed by atoms with Gasteiger partial charge in [-0.1, -0.05) is 57.6 Å². The molecule has 0 N–H and O–H groups in total. The Labute approximate surface area is 206 Å². The van der Waals surface area contributed by atoms with Crippen LogP contribution in [-0.2, 0) is 9.53 Å². The molecule has 188 valence electrons. The monoisotopic (exact) mass is 482 g/mol. The Morgan fingerprint density at radius 3 is 1.77 bits per heavy atom. The van der Waals surface area contributed by atoms with Crippen LogP contribution in [-0.4, -0.2) is 76.4 Å². The minimum absolute atomic E-state index is 0. The lowest BCUT2D eigenvalue weighted by atomic mass is 10.1. The maximum absolute atomic E-state index is 11.9. The molecule has 0 unspecified atom stereocenters. The molecular formula is C25H52Cl2N2O2. The lowest BCUT2D eigenvalue weighted by Crippen LogP contribution is -3.00. The Kier molecular flexibility index (Phi) is 24.5. The molecule has 0 saturated heterocycles. The Balaban J connectivity index is -0.00000392. The summed E-state index contributed by atoms with van der Waals surface area (Å²) in [7, 11) is 11.1. The zero-order valence-corrected chi connectivity index (χ0v) is 22.9. The maximum Gasteiger partial charge on any atom is 0.305 e. The third kappa shape index (κ3) is 27.7. The SMILES string of the molecule is CCCCCCCC/C=C\CCCCCC(=O)OCC[N+](C)(C)CC[N+](C)(C)C.[Cl-].[Cl-]. The number of allylic oxidation sites excluding steroid dienone is 2. The first-order chi connectivity index (χ1) is 13.7. The number of carbonyl (C=O) groups is 1. The van der Waals surface area contributed by atoms with Crippen LogP contribution in [0.5, 0.6) is 0 Å². The molecule has 0 aromatic carbocycles. The number of nitrogens with zero attached hydrogens (tertiary/aromatic N) is 2. The van der Waals surface area contributed by atoms with Gasteiger partial charge in [-0.25, -0.2) is 0 Å². The predicted molar refractivity (Wildman–Crippen MR) is 126 cm³/mol. The Morgan fingerprint density at radius 2 is 1.23 bits per heavy atom. The highest BCUT2D eigenvalue weighted by atomic mass is 35.5. The summed E-state index contributed by atoms with van der Waals surface area (Å²) >= 11 is 0. The largest absolute Gasteiger partial charge is 1.00 e. The lowest BCUT2D eigenvalue weighted by Gasteiger charge is -2.33. The van der Waals surface area contributed by atoms with Gasteiger partial charge in [0.25, 0.3) is 0 Å². The van der Waals surface area contributed by atoms with E-state index in [1.807, 2.05) is 0 Å². The molecule has 0 fully saturated rings. The van der Waals surface area contributed by atoms with Gasteiger partial charge in [-0.2, -0.15) is 0 Å². The van der Waals surface area contributed by atoms with Crippen molar-refractivity contribution in [2.75, 3.05) is 61.5 Å². The van der Waals surface area contributed by atoms with Gasteiger partial charge < -0.3 is 38.5 Å². The summed E-state index contributed by atoms with van der Waals surface area (Å²) in [5, 5.41) is 0. The molecule has 4 nitrogen and oxygen atoms in total. The summed E-state index contributed by atoms with van der Waals surface area (Å²) in [6.07, 6.45) is 19.0. The first-order valence-corrected chi connectivity index (χ1v) is 12.1. The number of hydrogen-bond acceptors (Lipinski definition) is 2. The van der Waals surface area contributed by atoms with Crippen molar-refractivity contribution in [3.8, 4) is 0 Å². The molecule has 6 heteroatoms. The number of carbonyl (C=O) groups excluding carboxylic acids is 1. The third-order valence-corrected chi connectivity index (χ3v) is 5.48. The number of quaternary nitrogens is 2. The summed E-state index contributed by atoms with van der Waals surface area (Å²) in [5.74, 6) is -0.0322. The molecule has 0 atom stereocenters.